The molecule has 0 aromatic heterocycles. The first-order chi connectivity index (χ1) is 27.3. The third-order valence-electron chi connectivity index (χ3n) is 8.90. The minimum Gasteiger partial charge on any atom is -0.480 e. The summed E-state index contributed by atoms with van der Waals surface area (Å²) in [5, 5.41) is 12.2. The van der Waals surface area contributed by atoms with Gasteiger partial charge in [-0.15, -0.1) is 0 Å². The van der Waals surface area contributed by atoms with E-state index >= 15 is 0 Å². The van der Waals surface area contributed by atoms with Crippen molar-refractivity contribution in [2.24, 2.45) is 11.7 Å². The summed E-state index contributed by atoms with van der Waals surface area (Å²) in [6.45, 7) is 30.1. The fourth-order valence-corrected chi connectivity index (χ4v) is 10.7. The molecule has 0 saturated heterocycles. The van der Waals surface area contributed by atoms with Crippen molar-refractivity contribution in [3.63, 3.8) is 0 Å². The number of carboxylic acids is 1. The van der Waals surface area contributed by atoms with Crippen LogP contribution < -0.4 is 14.6 Å². The first kappa shape index (κ1) is 61.1. The summed E-state index contributed by atoms with van der Waals surface area (Å²) in [7, 11) is 0. The summed E-state index contributed by atoms with van der Waals surface area (Å²) >= 11 is -2.34. The van der Waals surface area contributed by atoms with Crippen molar-refractivity contribution in [2.75, 3.05) is 39.3 Å². The van der Waals surface area contributed by atoms with Crippen LogP contribution in [0.25, 0.3) is 0 Å². The van der Waals surface area contributed by atoms with E-state index in [1.54, 1.807) is 13.8 Å². The van der Waals surface area contributed by atoms with Gasteiger partial charge in [0.25, 0.3) is 0 Å². The number of rotatable bonds is 23. The smallest absolute Gasteiger partial charge is 0.480 e. The Morgan fingerprint density at radius 1 is 0.746 bits per heavy atom. The number of nitrogens with one attached hydrogen (secondary N) is 1. The van der Waals surface area contributed by atoms with Gasteiger partial charge in [0.05, 0.1) is 0 Å². The van der Waals surface area contributed by atoms with Crippen LogP contribution in [0.15, 0.2) is 18.2 Å². The SMILES string of the molecule is CCC(=O)OC(C)(C)C.CCC(=O)OC(C)(C)C.CCCCCCC(C)CC.CCCN(CCN(CCC)CC(=O)NCc1ccc(CN)c[c]1[Sn]([CH3])([CH3])[CH3])CC(=O)O. The van der Waals surface area contributed by atoms with Crippen molar-refractivity contribution in [3.8, 4) is 0 Å². The van der Waals surface area contributed by atoms with Gasteiger partial charge in [0, 0.05) is 12.8 Å². The molecule has 59 heavy (non-hydrogen) atoms. The summed E-state index contributed by atoms with van der Waals surface area (Å²) in [6, 6.07) is 6.39. The molecular formula is C47H92N4O7Sn. The molecule has 4 N–H and O–H groups in total. The summed E-state index contributed by atoms with van der Waals surface area (Å²) in [5.41, 5.74) is 7.52. The Labute approximate surface area is 366 Å². The van der Waals surface area contributed by atoms with E-state index in [-0.39, 0.29) is 35.6 Å². The molecule has 0 fully saturated rings. The number of amides is 1. The van der Waals surface area contributed by atoms with Gasteiger partial charge in [-0.25, -0.2) is 0 Å². The molecule has 11 nitrogen and oxygen atoms in total. The number of aliphatic carboxylic acids is 1. The zero-order valence-electron chi connectivity index (χ0n) is 40.9. The maximum atomic E-state index is 12.7. The van der Waals surface area contributed by atoms with E-state index in [0.717, 1.165) is 37.4 Å². The first-order valence-electron chi connectivity index (χ1n) is 22.5. The van der Waals surface area contributed by atoms with Crippen LogP contribution in [-0.4, -0.2) is 108 Å². The van der Waals surface area contributed by atoms with E-state index in [1.807, 2.05) is 53.4 Å². The molecule has 346 valence electrons. The van der Waals surface area contributed by atoms with Crippen LogP contribution in [0, 0.1) is 5.92 Å². The van der Waals surface area contributed by atoms with Gasteiger partial charge in [-0.2, -0.15) is 0 Å². The Kier molecular flexibility index (Phi) is 35.6. The number of nitrogens with two attached hydrogens (primary N) is 1. The summed E-state index contributed by atoms with van der Waals surface area (Å²) < 4.78 is 11.3. The van der Waals surface area contributed by atoms with E-state index in [2.05, 4.69) is 70.9 Å². The molecule has 0 aliphatic rings. The Morgan fingerprint density at radius 2 is 1.24 bits per heavy atom. The fourth-order valence-electron chi connectivity index (χ4n) is 5.65. The minimum atomic E-state index is -2.34. The van der Waals surface area contributed by atoms with E-state index in [0.29, 0.717) is 45.6 Å². The van der Waals surface area contributed by atoms with E-state index in [9.17, 15) is 19.2 Å². The number of benzene rings is 1. The maximum absolute atomic E-state index is 12.7. The minimum absolute atomic E-state index is 0.00619. The molecule has 0 bridgehead atoms. The number of esters is 2. The van der Waals surface area contributed by atoms with Crippen LogP contribution in [0.3, 0.4) is 0 Å². The summed E-state index contributed by atoms with van der Waals surface area (Å²) in [5.74, 6) is -0.123. The number of carboxylic acid groups (broad SMARTS) is 1. The molecule has 0 heterocycles. The molecule has 1 amide bonds. The predicted octanol–water partition coefficient (Wildman–Crippen LogP) is 9.29. The Morgan fingerprint density at radius 3 is 1.59 bits per heavy atom. The van der Waals surface area contributed by atoms with Crippen LogP contribution in [0.1, 0.15) is 165 Å². The first-order valence-corrected chi connectivity index (χ1v) is 32.5. The van der Waals surface area contributed by atoms with Gasteiger partial charge in [-0.05, 0) is 47.5 Å². The normalized spacial score (nSPS) is 11.9. The van der Waals surface area contributed by atoms with Gasteiger partial charge in [-0.1, -0.05) is 80.1 Å². The molecule has 1 unspecified atom stereocenters. The van der Waals surface area contributed by atoms with Gasteiger partial charge in [-0.3, -0.25) is 14.4 Å². The molecular weight excluding hydrogens is 851 g/mol. The molecule has 12 heteroatoms. The van der Waals surface area contributed by atoms with Crippen molar-refractivity contribution in [3.05, 3.63) is 29.3 Å². The Balaban J connectivity index is -0.000000902. The molecule has 0 aliphatic carbocycles. The van der Waals surface area contributed by atoms with Crippen molar-refractivity contribution >= 4 is 45.8 Å². The van der Waals surface area contributed by atoms with Crippen LogP contribution in [0.4, 0.5) is 0 Å². The van der Waals surface area contributed by atoms with Crippen LogP contribution in [0.5, 0.6) is 0 Å². The standard InChI is InChI=1S/C20H33N4O3.C10H22.2C7H14O2.3CH3.Sn/c1-3-9-23(11-12-24(10-4-2)16-20(26)27)15-19(25)22-14-18-7-5-17(13-21)6-8-18;1-4-6-7-8-9-10(3)5-2;2*1-5-6(8)9-7(2,3)4;;;;/h5-7H,3-4,9-16,21H2,1-2H3,(H,22,25)(H,26,27);10H,4-9H2,1-3H3;2*5H2,1-4H3;3*1H3;. The molecule has 1 atom stereocenters. The average molecular weight is 944 g/mol. The number of hydrogen-bond donors (Lipinski definition) is 3. The Bertz CT molecular complexity index is 1240. The van der Waals surface area contributed by atoms with Gasteiger partial charge in [0.1, 0.15) is 11.2 Å². The van der Waals surface area contributed by atoms with Crippen molar-refractivity contribution in [2.45, 2.75) is 193 Å². The molecule has 0 spiro atoms. The van der Waals surface area contributed by atoms with E-state index in [1.165, 1.54) is 47.7 Å². The molecule has 0 aliphatic heterocycles. The summed E-state index contributed by atoms with van der Waals surface area (Å²) in [6.07, 6.45) is 11.2. The zero-order valence-corrected chi connectivity index (χ0v) is 43.8. The average Bonchev–Trinajstić information content (AvgIpc) is 3.13. The second-order valence-corrected chi connectivity index (χ2v) is 32.8. The molecule has 1 aromatic rings. The predicted molar refractivity (Wildman–Crippen MR) is 251 cm³/mol. The van der Waals surface area contributed by atoms with E-state index in [4.69, 9.17) is 20.3 Å². The second-order valence-electron chi connectivity index (χ2n) is 18.4. The number of hydrogen-bond acceptors (Lipinski definition) is 9. The van der Waals surface area contributed by atoms with Gasteiger partial charge >= 0.3 is 188 Å². The van der Waals surface area contributed by atoms with Crippen molar-refractivity contribution in [1.82, 2.24) is 15.1 Å². The number of nitrogens with zero attached hydrogens (tertiary/aromatic N) is 2. The Hall–Kier alpha value is -2.22. The van der Waals surface area contributed by atoms with Crippen LogP contribution in [0.2, 0.25) is 14.8 Å². The van der Waals surface area contributed by atoms with E-state index < -0.39 is 24.3 Å². The summed E-state index contributed by atoms with van der Waals surface area (Å²) in [4.78, 5) is 56.1. The number of unbranched alkanes of at least 4 members (excludes halogenated alkanes) is 3. The fraction of sp³-hybridized carbons (Fsp3) is 0.787. The van der Waals surface area contributed by atoms with Crippen molar-refractivity contribution in [1.29, 1.82) is 0 Å². The van der Waals surface area contributed by atoms with Gasteiger partial charge in [0.2, 0.25) is 0 Å². The number of carbonyl (C=O) groups excluding carboxylic acids is 3. The monoisotopic (exact) mass is 945 g/mol. The quantitative estimate of drug-likeness (QED) is 0.0550. The molecule has 0 saturated carbocycles. The van der Waals surface area contributed by atoms with Crippen molar-refractivity contribution < 1.29 is 33.8 Å². The van der Waals surface area contributed by atoms with Gasteiger partial charge < -0.3 is 14.6 Å². The zero-order chi connectivity index (χ0) is 46.2. The third kappa shape index (κ3) is 38.4. The topological polar surface area (TPSA) is 152 Å². The molecule has 1 aromatic carbocycles. The molecule has 0 radical (unpaired) electrons. The molecule has 1 rings (SSSR count). The van der Waals surface area contributed by atoms with Crippen LogP contribution in [-0.2, 0) is 41.7 Å². The third-order valence-corrected chi connectivity index (χ3v) is 14.8. The van der Waals surface area contributed by atoms with Crippen LogP contribution >= 0.6 is 0 Å². The second kappa shape index (κ2) is 34.4. The number of ether oxygens (including phenoxy) is 2. The van der Waals surface area contributed by atoms with Gasteiger partial charge in [0.15, 0.2) is 0 Å². The number of carbonyl (C=O) groups is 4.